The van der Waals surface area contributed by atoms with Crippen LogP contribution in [0.15, 0.2) is 29.3 Å². The van der Waals surface area contributed by atoms with Crippen LogP contribution in [0.1, 0.15) is 5.56 Å². The zero-order valence-electron chi connectivity index (χ0n) is 9.64. The van der Waals surface area contributed by atoms with Gasteiger partial charge in [-0.15, -0.1) is 0 Å². The molecular formula is C12H12N2O2S. The van der Waals surface area contributed by atoms with Crippen LogP contribution in [0.2, 0.25) is 0 Å². The first-order valence-corrected chi connectivity index (χ1v) is 6.99. The van der Waals surface area contributed by atoms with Gasteiger partial charge in [0.1, 0.15) is 6.54 Å². The molecule has 2 rings (SSSR count). The van der Waals surface area contributed by atoms with Crippen molar-refractivity contribution in [1.29, 1.82) is 5.26 Å². The third kappa shape index (κ3) is 2.04. The van der Waals surface area contributed by atoms with Crippen molar-refractivity contribution in [1.82, 2.24) is 4.57 Å². The topological polar surface area (TPSA) is 62.9 Å². The maximum atomic E-state index is 11.7. The highest BCUT2D eigenvalue weighted by atomic mass is 32.2. The molecule has 1 aromatic heterocycles. The van der Waals surface area contributed by atoms with Crippen molar-refractivity contribution in [2.75, 3.05) is 6.26 Å². The molecule has 88 valence electrons. The molecule has 0 radical (unpaired) electrons. The zero-order valence-corrected chi connectivity index (χ0v) is 10.5. The molecule has 0 unspecified atom stereocenters. The van der Waals surface area contributed by atoms with Gasteiger partial charge in [-0.05, 0) is 18.6 Å². The van der Waals surface area contributed by atoms with Crippen molar-refractivity contribution in [2.24, 2.45) is 0 Å². The van der Waals surface area contributed by atoms with Crippen LogP contribution in [0.3, 0.4) is 0 Å². The molecule has 0 aliphatic carbocycles. The molecule has 0 bridgehead atoms. The van der Waals surface area contributed by atoms with Gasteiger partial charge in [0.25, 0.3) is 0 Å². The lowest BCUT2D eigenvalue weighted by molar-refractivity contribution is 0.602. The van der Waals surface area contributed by atoms with E-state index in [1.54, 1.807) is 10.6 Å². The number of aryl methyl sites for hydroxylation is 1. The first-order chi connectivity index (χ1) is 7.93. The van der Waals surface area contributed by atoms with Gasteiger partial charge in [0.2, 0.25) is 0 Å². The summed E-state index contributed by atoms with van der Waals surface area (Å²) in [5.41, 5.74) is 1.82. The molecule has 4 nitrogen and oxygen atoms in total. The minimum absolute atomic E-state index is 0.148. The van der Waals surface area contributed by atoms with Gasteiger partial charge < -0.3 is 4.57 Å². The van der Waals surface area contributed by atoms with Crippen LogP contribution < -0.4 is 0 Å². The summed E-state index contributed by atoms with van der Waals surface area (Å²) in [7, 11) is -3.27. The normalized spacial score (nSPS) is 11.6. The number of fused-ring (bicyclic) bond motifs is 1. The molecular weight excluding hydrogens is 236 g/mol. The van der Waals surface area contributed by atoms with E-state index in [1.807, 2.05) is 25.1 Å². The number of sulfone groups is 1. The summed E-state index contributed by atoms with van der Waals surface area (Å²) >= 11 is 0. The summed E-state index contributed by atoms with van der Waals surface area (Å²) in [6.07, 6.45) is 2.71. The van der Waals surface area contributed by atoms with Gasteiger partial charge >= 0.3 is 0 Å². The van der Waals surface area contributed by atoms with Gasteiger partial charge in [-0.25, -0.2) is 8.42 Å². The summed E-state index contributed by atoms with van der Waals surface area (Å²) in [5.74, 6) is 0. The van der Waals surface area contributed by atoms with E-state index in [9.17, 15) is 8.42 Å². The maximum Gasteiger partial charge on any atom is 0.177 e. The van der Waals surface area contributed by atoms with Crippen LogP contribution in [-0.4, -0.2) is 19.2 Å². The summed E-state index contributed by atoms with van der Waals surface area (Å²) in [4.78, 5) is 0.280. The number of nitrogens with zero attached hydrogens (tertiary/aromatic N) is 2. The van der Waals surface area contributed by atoms with Crippen molar-refractivity contribution >= 4 is 20.7 Å². The quantitative estimate of drug-likeness (QED) is 0.815. The monoisotopic (exact) mass is 248 g/mol. The predicted molar refractivity (Wildman–Crippen MR) is 65.4 cm³/mol. The molecule has 2 aromatic rings. The van der Waals surface area contributed by atoms with E-state index >= 15 is 0 Å². The Morgan fingerprint density at radius 3 is 2.71 bits per heavy atom. The first-order valence-electron chi connectivity index (χ1n) is 5.10. The fraction of sp³-hybridized carbons (Fsp3) is 0.250. The van der Waals surface area contributed by atoms with Crippen LogP contribution in [0.25, 0.3) is 10.9 Å². The summed E-state index contributed by atoms with van der Waals surface area (Å²) in [6.45, 7) is 2.08. The molecule has 0 aliphatic heterocycles. The smallest absolute Gasteiger partial charge is 0.177 e. The lowest BCUT2D eigenvalue weighted by Gasteiger charge is -1.99. The van der Waals surface area contributed by atoms with Gasteiger partial charge in [-0.3, -0.25) is 0 Å². The Balaban J connectivity index is 2.85. The Labute approximate surface area is 100 Å². The molecule has 5 heteroatoms. The van der Waals surface area contributed by atoms with Crippen LogP contribution in [0.5, 0.6) is 0 Å². The molecule has 17 heavy (non-hydrogen) atoms. The Morgan fingerprint density at radius 1 is 1.41 bits per heavy atom. The van der Waals surface area contributed by atoms with E-state index in [4.69, 9.17) is 5.26 Å². The van der Waals surface area contributed by atoms with Crippen LogP contribution in [-0.2, 0) is 16.4 Å². The fourth-order valence-electron chi connectivity index (χ4n) is 1.87. The number of rotatable bonds is 2. The van der Waals surface area contributed by atoms with Crippen LogP contribution in [0.4, 0.5) is 0 Å². The fourth-order valence-corrected chi connectivity index (χ4v) is 2.76. The number of hydrogen-bond acceptors (Lipinski definition) is 3. The second-order valence-electron chi connectivity index (χ2n) is 4.07. The minimum Gasteiger partial charge on any atom is -0.332 e. The van der Waals surface area contributed by atoms with E-state index in [0.717, 1.165) is 11.1 Å². The van der Waals surface area contributed by atoms with E-state index < -0.39 is 9.84 Å². The summed E-state index contributed by atoms with van der Waals surface area (Å²) in [5, 5.41) is 9.41. The molecule has 0 spiro atoms. The number of benzene rings is 1. The van der Waals surface area contributed by atoms with Crippen molar-refractivity contribution in [3.63, 3.8) is 0 Å². The Kier molecular flexibility index (Phi) is 2.68. The first kappa shape index (κ1) is 11.7. The highest BCUT2D eigenvalue weighted by molar-refractivity contribution is 7.91. The van der Waals surface area contributed by atoms with E-state index in [2.05, 4.69) is 0 Å². The molecule has 1 heterocycles. The maximum absolute atomic E-state index is 11.7. The highest BCUT2D eigenvalue weighted by Crippen LogP contribution is 2.26. The van der Waals surface area contributed by atoms with Gasteiger partial charge in [0.15, 0.2) is 9.84 Å². The number of nitriles is 1. The number of hydrogen-bond donors (Lipinski definition) is 0. The SMILES string of the molecule is Cc1ccc2c(S(C)(=O)=O)cn(CC#N)c2c1. The third-order valence-electron chi connectivity index (χ3n) is 2.64. The van der Waals surface area contributed by atoms with Gasteiger partial charge in [-0.2, -0.15) is 5.26 Å². The highest BCUT2D eigenvalue weighted by Gasteiger charge is 2.16. The summed E-state index contributed by atoms with van der Waals surface area (Å²) < 4.78 is 25.0. The molecule has 0 aliphatic rings. The van der Waals surface area contributed by atoms with Gasteiger partial charge in [-0.1, -0.05) is 12.1 Å². The van der Waals surface area contributed by atoms with Crippen LogP contribution >= 0.6 is 0 Å². The molecule has 0 amide bonds. The largest absolute Gasteiger partial charge is 0.332 e. The lowest BCUT2D eigenvalue weighted by atomic mass is 10.2. The molecule has 0 saturated carbocycles. The molecule has 0 saturated heterocycles. The minimum atomic E-state index is -3.27. The predicted octanol–water partition coefficient (Wildman–Crippen LogP) is 1.88. The van der Waals surface area contributed by atoms with Crippen LogP contribution in [0, 0.1) is 18.3 Å². The zero-order chi connectivity index (χ0) is 12.6. The number of aromatic nitrogens is 1. The second kappa shape index (κ2) is 3.90. The van der Waals surface area contributed by atoms with Crippen molar-refractivity contribution in [3.05, 3.63) is 30.0 Å². The third-order valence-corrected chi connectivity index (χ3v) is 3.77. The van der Waals surface area contributed by atoms with Gasteiger partial charge in [0, 0.05) is 17.8 Å². The molecule has 0 fully saturated rings. The van der Waals surface area contributed by atoms with Crippen molar-refractivity contribution < 1.29 is 8.42 Å². The Bertz CT molecular complexity index is 721. The summed E-state index contributed by atoms with van der Waals surface area (Å²) in [6, 6.07) is 7.57. The molecule has 0 atom stereocenters. The lowest BCUT2D eigenvalue weighted by Crippen LogP contribution is -1.96. The average Bonchev–Trinajstić information content (AvgIpc) is 2.57. The Morgan fingerprint density at radius 2 is 2.12 bits per heavy atom. The molecule has 0 N–H and O–H groups in total. The van der Waals surface area contributed by atoms with E-state index in [1.165, 1.54) is 12.5 Å². The van der Waals surface area contributed by atoms with Gasteiger partial charge in [0.05, 0.1) is 16.5 Å². The van der Waals surface area contributed by atoms with Crippen molar-refractivity contribution in [2.45, 2.75) is 18.4 Å². The second-order valence-corrected chi connectivity index (χ2v) is 6.06. The standard InChI is InChI=1S/C12H12N2O2S/c1-9-3-4-10-11(7-9)14(6-5-13)8-12(10)17(2,15)16/h3-4,7-8H,6H2,1-2H3. The Hall–Kier alpha value is -1.80. The average molecular weight is 248 g/mol. The van der Waals surface area contributed by atoms with E-state index in [0.29, 0.717) is 5.39 Å². The molecule has 1 aromatic carbocycles. The van der Waals surface area contributed by atoms with E-state index in [-0.39, 0.29) is 11.4 Å². The van der Waals surface area contributed by atoms with Crippen molar-refractivity contribution in [3.8, 4) is 6.07 Å².